The molecule has 18 nitrogen and oxygen atoms in total. The van der Waals surface area contributed by atoms with E-state index in [0.29, 0.717) is 31.2 Å². The summed E-state index contributed by atoms with van der Waals surface area (Å²) >= 11 is 0. The Balaban J connectivity index is 2.07. The number of benzene rings is 1. The maximum Gasteiger partial charge on any atom is 0.407 e. The molecule has 0 aromatic heterocycles. The Morgan fingerprint density at radius 3 is 2.08 bits per heavy atom. The summed E-state index contributed by atoms with van der Waals surface area (Å²) in [5.41, 5.74) is -0.191. The third-order valence-electron chi connectivity index (χ3n) is 11.3. The monoisotopic (exact) mass is 900 g/mol. The molecule has 1 aliphatic carbocycles. The average molecular weight is 900 g/mol. The van der Waals surface area contributed by atoms with Crippen LogP contribution >= 0.6 is 0 Å². The minimum absolute atomic E-state index is 0.0466. The zero-order chi connectivity index (χ0) is 47.4. The molecule has 6 atom stereocenters. The molecular formula is C46H73N7O11. The Morgan fingerprint density at radius 2 is 1.45 bits per heavy atom. The largest absolute Gasteiger partial charge is 0.460 e. The fourth-order valence-corrected chi connectivity index (χ4v) is 7.72. The van der Waals surface area contributed by atoms with Gasteiger partial charge in [-0.3, -0.25) is 28.8 Å². The molecule has 0 unspecified atom stereocenters. The molecule has 0 bridgehead atoms. The zero-order valence-electron chi connectivity index (χ0n) is 39.1. The molecule has 64 heavy (non-hydrogen) atoms. The number of likely N-dealkylation sites (N-methyl/N-ethyl adjacent to an activating group) is 1. The Morgan fingerprint density at radius 1 is 0.828 bits per heavy atom. The van der Waals surface area contributed by atoms with Crippen LogP contribution in [0.15, 0.2) is 30.3 Å². The van der Waals surface area contributed by atoms with Gasteiger partial charge in [-0.2, -0.15) is 0 Å². The number of carbonyl (C=O) groups is 8. The number of carbonyl (C=O) groups excluding carboxylic acids is 8. The second-order valence-corrected chi connectivity index (χ2v) is 18.3. The van der Waals surface area contributed by atoms with Gasteiger partial charge in [0.25, 0.3) is 0 Å². The van der Waals surface area contributed by atoms with Crippen LogP contribution in [0.3, 0.4) is 0 Å². The summed E-state index contributed by atoms with van der Waals surface area (Å²) in [6, 6.07) is 3.65. The number of hydrogen-bond donors (Lipinski definition) is 6. The van der Waals surface area contributed by atoms with Gasteiger partial charge in [0.05, 0.1) is 19.0 Å². The summed E-state index contributed by atoms with van der Waals surface area (Å²) in [5, 5.41) is 15.6. The van der Waals surface area contributed by atoms with Gasteiger partial charge in [0, 0.05) is 7.05 Å². The van der Waals surface area contributed by atoms with Crippen molar-refractivity contribution in [1.82, 2.24) is 36.8 Å². The van der Waals surface area contributed by atoms with Gasteiger partial charge >= 0.3 is 18.2 Å². The molecule has 1 heterocycles. The van der Waals surface area contributed by atoms with Gasteiger partial charge in [0.2, 0.25) is 29.5 Å². The lowest BCUT2D eigenvalue weighted by Gasteiger charge is -2.36. The first-order chi connectivity index (χ1) is 30.3. The predicted octanol–water partition coefficient (Wildman–Crippen LogP) is 3.99. The van der Waals surface area contributed by atoms with Gasteiger partial charge in [-0.25, -0.2) is 9.59 Å². The summed E-state index contributed by atoms with van der Waals surface area (Å²) in [6.45, 7) is 10.7. The van der Waals surface area contributed by atoms with Gasteiger partial charge in [-0.15, -0.1) is 0 Å². The second-order valence-electron chi connectivity index (χ2n) is 18.3. The third kappa shape index (κ3) is 18.4. The third-order valence-corrected chi connectivity index (χ3v) is 11.3. The van der Waals surface area contributed by atoms with Crippen molar-refractivity contribution in [2.75, 3.05) is 26.7 Å². The van der Waals surface area contributed by atoms with Crippen LogP contribution in [0.25, 0.3) is 0 Å². The van der Waals surface area contributed by atoms with E-state index < -0.39 is 109 Å². The molecule has 0 spiro atoms. The van der Waals surface area contributed by atoms with E-state index in [-0.39, 0.29) is 24.9 Å². The lowest BCUT2D eigenvalue weighted by atomic mass is 9.83. The number of alkyl carbamates (subject to hydrolysis) is 2. The molecule has 7 amide bonds. The van der Waals surface area contributed by atoms with Crippen molar-refractivity contribution >= 4 is 47.7 Å². The molecular weight excluding hydrogens is 827 g/mol. The van der Waals surface area contributed by atoms with E-state index in [1.807, 2.05) is 19.9 Å². The highest BCUT2D eigenvalue weighted by molar-refractivity contribution is 5.96. The summed E-state index contributed by atoms with van der Waals surface area (Å²) in [5.74, 6) is -5.68. The van der Waals surface area contributed by atoms with E-state index in [9.17, 15) is 38.4 Å². The minimum Gasteiger partial charge on any atom is -0.460 e. The van der Waals surface area contributed by atoms with Gasteiger partial charge in [0.15, 0.2) is 0 Å². The van der Waals surface area contributed by atoms with Crippen LogP contribution < -0.4 is 31.9 Å². The number of rotatable bonds is 14. The van der Waals surface area contributed by atoms with Crippen molar-refractivity contribution in [2.24, 2.45) is 17.8 Å². The molecule has 1 aromatic carbocycles. The Hall–Kier alpha value is -5.42. The number of ether oxygens (including phenoxy) is 3. The van der Waals surface area contributed by atoms with Crippen LogP contribution in [0.1, 0.15) is 125 Å². The molecule has 3 rings (SSSR count). The van der Waals surface area contributed by atoms with E-state index in [0.717, 1.165) is 38.5 Å². The highest BCUT2D eigenvalue weighted by Gasteiger charge is 2.40. The van der Waals surface area contributed by atoms with Crippen molar-refractivity contribution in [3.05, 3.63) is 35.9 Å². The number of unbranched alkanes of at least 4 members (excludes halogenated alkanes) is 3. The highest BCUT2D eigenvalue weighted by Crippen LogP contribution is 2.28. The van der Waals surface area contributed by atoms with Crippen molar-refractivity contribution in [2.45, 2.75) is 162 Å². The fraction of sp³-hybridized carbons (Fsp3) is 0.696. The van der Waals surface area contributed by atoms with Crippen LogP contribution in [0, 0.1) is 17.8 Å². The lowest BCUT2D eigenvalue weighted by molar-refractivity contribution is -0.157. The number of hydrogen-bond acceptors (Lipinski definition) is 11. The van der Waals surface area contributed by atoms with Crippen LogP contribution in [-0.2, 0) is 49.6 Å². The van der Waals surface area contributed by atoms with Crippen molar-refractivity contribution in [3.8, 4) is 0 Å². The van der Waals surface area contributed by atoms with Gasteiger partial charge in [0.1, 0.15) is 49.0 Å². The quantitative estimate of drug-likeness (QED) is 0.0887. The van der Waals surface area contributed by atoms with Crippen LogP contribution in [-0.4, -0.2) is 115 Å². The van der Waals surface area contributed by atoms with E-state index in [1.54, 1.807) is 52.0 Å². The summed E-state index contributed by atoms with van der Waals surface area (Å²) in [4.78, 5) is 112. The van der Waals surface area contributed by atoms with E-state index in [4.69, 9.17) is 14.2 Å². The molecule has 1 saturated heterocycles. The van der Waals surface area contributed by atoms with Crippen molar-refractivity contribution in [1.29, 1.82) is 0 Å². The number of amides is 7. The topological polar surface area (TPSA) is 240 Å². The molecule has 358 valence electrons. The SMILES string of the molecule is CCCCCC[C@@H]1OC(=O)CNC(=O)[C@H](CNC(=O)OC(C)(C)C)NC(=O)[C@H](CNC(=O)OCc2ccccc2)NC(=O)[C@H](C2CCCCC2)NC(=O)[C@H](CC(C)C)N(C)C(=O)[C@@H]1C. The Kier molecular flexibility index (Phi) is 21.8. The average Bonchev–Trinajstić information content (AvgIpc) is 3.25. The van der Waals surface area contributed by atoms with Crippen LogP contribution in [0.4, 0.5) is 9.59 Å². The number of cyclic esters (lactones) is 1. The summed E-state index contributed by atoms with van der Waals surface area (Å²) in [6.07, 6.45) is 5.02. The molecule has 2 fully saturated rings. The van der Waals surface area contributed by atoms with Crippen LogP contribution in [0.2, 0.25) is 0 Å². The predicted molar refractivity (Wildman–Crippen MR) is 238 cm³/mol. The lowest BCUT2D eigenvalue weighted by Crippen LogP contribution is -2.63. The standard InChI is InChI=1S/C46H73N7O11/c1-9-10-11-18-23-36-30(4)43(59)53(8)35(24-29(2)3)41(57)52-38(32-21-16-13-17-22-32)42(58)51-34(26-48-44(60)62-28-31-19-14-12-15-20-31)40(56)50-33(39(55)47-27-37(54)63-36)25-49-45(61)64-46(5,6)7/h12,14-15,19-20,29-30,32-36,38H,9-11,13,16-18,21-28H2,1-8H3,(H,47,55)(H,48,60)(H,49,61)(H,50,56)(H,51,58)(H,52,57)/t30-,33+,34+,35+,36+,38+/m1/s1. The normalized spacial score (nSPS) is 23.9. The molecule has 1 aliphatic heterocycles. The van der Waals surface area contributed by atoms with Gasteiger partial charge in [-0.1, -0.05) is 96.6 Å². The van der Waals surface area contributed by atoms with E-state index >= 15 is 0 Å². The van der Waals surface area contributed by atoms with Crippen molar-refractivity contribution < 1.29 is 52.6 Å². The first-order valence-electron chi connectivity index (χ1n) is 22.9. The molecule has 18 heteroatoms. The number of nitrogens with zero attached hydrogens (tertiary/aromatic N) is 1. The second kappa shape index (κ2) is 26.4. The first-order valence-corrected chi connectivity index (χ1v) is 22.9. The van der Waals surface area contributed by atoms with E-state index in [2.05, 4.69) is 38.8 Å². The van der Waals surface area contributed by atoms with Crippen molar-refractivity contribution in [3.63, 3.8) is 0 Å². The molecule has 1 aromatic rings. The summed E-state index contributed by atoms with van der Waals surface area (Å²) < 4.78 is 16.5. The minimum atomic E-state index is -1.55. The van der Waals surface area contributed by atoms with Gasteiger partial charge in [-0.05, 0) is 70.3 Å². The maximum atomic E-state index is 14.5. The number of nitrogens with one attached hydrogen (secondary N) is 6. The molecule has 2 aliphatic rings. The summed E-state index contributed by atoms with van der Waals surface area (Å²) in [7, 11) is 1.52. The van der Waals surface area contributed by atoms with E-state index in [1.165, 1.54) is 11.9 Å². The molecule has 6 N–H and O–H groups in total. The van der Waals surface area contributed by atoms with Gasteiger partial charge < -0.3 is 51.0 Å². The molecule has 0 radical (unpaired) electrons. The highest BCUT2D eigenvalue weighted by atomic mass is 16.6. The Labute approximate surface area is 378 Å². The smallest absolute Gasteiger partial charge is 0.407 e. The zero-order valence-corrected chi connectivity index (χ0v) is 39.1. The molecule has 1 saturated carbocycles. The first kappa shape index (κ1) is 52.9. The van der Waals surface area contributed by atoms with Crippen LogP contribution in [0.5, 0.6) is 0 Å². The maximum absolute atomic E-state index is 14.5. The Bertz CT molecular complexity index is 1710. The fourth-order valence-electron chi connectivity index (χ4n) is 7.72. The number of esters is 1.